The molecule has 0 bridgehead atoms. The second-order valence-corrected chi connectivity index (χ2v) is 4.48. The molecule has 1 aromatic heterocycles. The summed E-state index contributed by atoms with van der Waals surface area (Å²) in [7, 11) is 1.40. The maximum atomic E-state index is 11.5. The zero-order valence-corrected chi connectivity index (χ0v) is 11.8. The Morgan fingerprint density at radius 1 is 1.32 bits per heavy atom. The Morgan fingerprint density at radius 2 is 2.05 bits per heavy atom. The van der Waals surface area contributed by atoms with Crippen molar-refractivity contribution in [3.05, 3.63) is 30.1 Å². The third-order valence-corrected chi connectivity index (χ3v) is 2.96. The van der Waals surface area contributed by atoms with Gasteiger partial charge in [-0.2, -0.15) is 0 Å². The summed E-state index contributed by atoms with van der Waals surface area (Å²) in [5, 5.41) is 0. The van der Waals surface area contributed by atoms with E-state index in [9.17, 15) is 4.79 Å². The largest absolute Gasteiger partial charge is 0.467 e. The molecule has 4 heteroatoms. The van der Waals surface area contributed by atoms with Crippen LogP contribution in [0.3, 0.4) is 0 Å². The molecule has 0 aromatic carbocycles. The number of rotatable bonds is 9. The van der Waals surface area contributed by atoms with Gasteiger partial charge in [-0.1, -0.05) is 19.8 Å². The molecular formula is C15H23NO3. The number of aryl methyl sites for hydroxylation is 1. The van der Waals surface area contributed by atoms with Gasteiger partial charge < -0.3 is 9.47 Å². The number of hydrogen-bond donors (Lipinski definition) is 0. The van der Waals surface area contributed by atoms with Gasteiger partial charge in [0.25, 0.3) is 0 Å². The van der Waals surface area contributed by atoms with Crippen molar-refractivity contribution in [1.82, 2.24) is 4.98 Å². The van der Waals surface area contributed by atoms with E-state index in [1.54, 1.807) is 12.4 Å². The number of hydrogen-bond acceptors (Lipinski definition) is 4. The van der Waals surface area contributed by atoms with Crippen molar-refractivity contribution < 1.29 is 14.3 Å². The Labute approximate surface area is 115 Å². The van der Waals surface area contributed by atoms with Crippen LogP contribution >= 0.6 is 0 Å². The van der Waals surface area contributed by atoms with Gasteiger partial charge in [-0.3, -0.25) is 4.98 Å². The lowest BCUT2D eigenvalue weighted by Crippen LogP contribution is -2.26. The molecule has 0 saturated carbocycles. The van der Waals surface area contributed by atoms with E-state index in [1.807, 2.05) is 12.1 Å². The van der Waals surface area contributed by atoms with Crippen LogP contribution < -0.4 is 0 Å². The summed E-state index contributed by atoms with van der Waals surface area (Å²) in [4.78, 5) is 15.5. The minimum absolute atomic E-state index is 0.266. The molecule has 0 aliphatic carbocycles. The van der Waals surface area contributed by atoms with E-state index in [2.05, 4.69) is 11.9 Å². The molecule has 1 unspecified atom stereocenters. The van der Waals surface area contributed by atoms with Crippen LogP contribution in [0.5, 0.6) is 0 Å². The monoisotopic (exact) mass is 265 g/mol. The van der Waals surface area contributed by atoms with Gasteiger partial charge in [0, 0.05) is 19.0 Å². The van der Waals surface area contributed by atoms with Gasteiger partial charge in [0.2, 0.25) is 0 Å². The van der Waals surface area contributed by atoms with Crippen molar-refractivity contribution >= 4 is 5.97 Å². The topological polar surface area (TPSA) is 48.4 Å². The number of carbonyl (C=O) groups excluding carboxylic acids is 1. The highest BCUT2D eigenvalue weighted by Crippen LogP contribution is 2.08. The van der Waals surface area contributed by atoms with Crippen LogP contribution in [-0.4, -0.2) is 30.8 Å². The van der Waals surface area contributed by atoms with Gasteiger partial charge in [-0.15, -0.1) is 0 Å². The lowest BCUT2D eigenvalue weighted by atomic mass is 10.1. The molecule has 1 rings (SSSR count). The third-order valence-electron chi connectivity index (χ3n) is 2.96. The Bertz CT molecular complexity index is 354. The number of aromatic nitrogens is 1. The fourth-order valence-electron chi connectivity index (χ4n) is 1.84. The number of pyridine rings is 1. The number of carbonyl (C=O) groups is 1. The summed E-state index contributed by atoms with van der Waals surface area (Å²) in [5.74, 6) is -0.266. The zero-order valence-electron chi connectivity index (χ0n) is 11.8. The maximum Gasteiger partial charge on any atom is 0.334 e. The predicted octanol–water partition coefficient (Wildman–Crippen LogP) is 2.76. The van der Waals surface area contributed by atoms with Crippen molar-refractivity contribution in [3.8, 4) is 0 Å². The molecule has 0 aliphatic heterocycles. The second kappa shape index (κ2) is 9.50. The minimum atomic E-state index is -0.414. The lowest BCUT2D eigenvalue weighted by Gasteiger charge is -2.15. The first-order valence-corrected chi connectivity index (χ1v) is 6.86. The molecule has 0 fully saturated rings. The van der Waals surface area contributed by atoms with Gasteiger partial charge in [0.1, 0.15) is 0 Å². The van der Waals surface area contributed by atoms with E-state index >= 15 is 0 Å². The van der Waals surface area contributed by atoms with Gasteiger partial charge >= 0.3 is 5.97 Å². The average molecular weight is 265 g/mol. The Hall–Kier alpha value is -1.42. The molecule has 0 saturated heterocycles. The SMILES string of the molecule is CCCCC(OCCCc1ccncc1)C(=O)OC. The smallest absolute Gasteiger partial charge is 0.334 e. The lowest BCUT2D eigenvalue weighted by molar-refractivity contribution is -0.154. The molecule has 0 radical (unpaired) electrons. The quantitative estimate of drug-likeness (QED) is 0.509. The molecule has 19 heavy (non-hydrogen) atoms. The fraction of sp³-hybridized carbons (Fsp3) is 0.600. The van der Waals surface area contributed by atoms with Crippen molar-refractivity contribution in [1.29, 1.82) is 0 Å². The number of unbranched alkanes of at least 4 members (excludes halogenated alkanes) is 1. The molecule has 1 heterocycles. The summed E-state index contributed by atoms with van der Waals surface area (Å²) in [5.41, 5.74) is 1.24. The third kappa shape index (κ3) is 6.34. The molecule has 4 nitrogen and oxygen atoms in total. The molecule has 0 aliphatic rings. The Kier molecular flexibility index (Phi) is 7.82. The Balaban J connectivity index is 2.25. The zero-order chi connectivity index (χ0) is 13.9. The van der Waals surface area contributed by atoms with Gasteiger partial charge in [0.15, 0.2) is 6.10 Å². The molecule has 106 valence electrons. The Morgan fingerprint density at radius 3 is 2.68 bits per heavy atom. The van der Waals surface area contributed by atoms with E-state index in [0.29, 0.717) is 6.61 Å². The fourth-order valence-corrected chi connectivity index (χ4v) is 1.84. The molecular weight excluding hydrogens is 242 g/mol. The molecule has 0 spiro atoms. The van der Waals surface area contributed by atoms with Crippen molar-refractivity contribution in [2.24, 2.45) is 0 Å². The normalized spacial score (nSPS) is 12.1. The average Bonchev–Trinajstić information content (AvgIpc) is 2.47. The molecule has 1 aromatic rings. The second-order valence-electron chi connectivity index (χ2n) is 4.48. The minimum Gasteiger partial charge on any atom is -0.467 e. The van der Waals surface area contributed by atoms with E-state index < -0.39 is 6.10 Å². The summed E-state index contributed by atoms with van der Waals surface area (Å²) in [6.45, 7) is 2.67. The summed E-state index contributed by atoms with van der Waals surface area (Å²) in [6, 6.07) is 3.99. The summed E-state index contributed by atoms with van der Waals surface area (Å²) >= 11 is 0. The van der Waals surface area contributed by atoms with E-state index in [4.69, 9.17) is 9.47 Å². The van der Waals surface area contributed by atoms with Crippen LogP contribution in [0, 0.1) is 0 Å². The molecule has 0 amide bonds. The molecule has 1 atom stereocenters. The number of nitrogens with zero attached hydrogens (tertiary/aromatic N) is 1. The highest BCUT2D eigenvalue weighted by Gasteiger charge is 2.18. The summed E-state index contributed by atoms with van der Waals surface area (Å²) < 4.78 is 10.4. The van der Waals surface area contributed by atoms with E-state index in [1.165, 1.54) is 12.7 Å². The van der Waals surface area contributed by atoms with Crippen LogP contribution in [0.2, 0.25) is 0 Å². The van der Waals surface area contributed by atoms with Crippen LogP contribution in [0.4, 0.5) is 0 Å². The predicted molar refractivity (Wildman–Crippen MR) is 73.8 cm³/mol. The van der Waals surface area contributed by atoms with E-state index in [-0.39, 0.29) is 5.97 Å². The van der Waals surface area contributed by atoms with Gasteiger partial charge in [-0.05, 0) is 37.0 Å². The highest BCUT2D eigenvalue weighted by atomic mass is 16.6. The van der Waals surface area contributed by atoms with Crippen LogP contribution in [-0.2, 0) is 20.7 Å². The van der Waals surface area contributed by atoms with Gasteiger partial charge in [-0.25, -0.2) is 4.79 Å². The standard InChI is InChI=1S/C15H23NO3/c1-3-4-7-14(15(17)18-2)19-12-5-6-13-8-10-16-11-9-13/h8-11,14H,3-7,12H2,1-2H3. The highest BCUT2D eigenvalue weighted by molar-refractivity contribution is 5.74. The van der Waals surface area contributed by atoms with Crippen LogP contribution in [0.25, 0.3) is 0 Å². The first-order valence-electron chi connectivity index (χ1n) is 6.86. The first-order chi connectivity index (χ1) is 9.27. The van der Waals surface area contributed by atoms with Crippen molar-refractivity contribution in [2.75, 3.05) is 13.7 Å². The van der Waals surface area contributed by atoms with Crippen LogP contribution in [0.1, 0.15) is 38.2 Å². The maximum absolute atomic E-state index is 11.5. The summed E-state index contributed by atoms with van der Waals surface area (Å²) in [6.07, 6.45) is 7.75. The molecule has 0 N–H and O–H groups in total. The van der Waals surface area contributed by atoms with Crippen molar-refractivity contribution in [3.63, 3.8) is 0 Å². The first kappa shape index (κ1) is 15.6. The number of methoxy groups -OCH3 is 1. The number of ether oxygens (including phenoxy) is 2. The van der Waals surface area contributed by atoms with E-state index in [0.717, 1.165) is 32.1 Å². The number of esters is 1. The van der Waals surface area contributed by atoms with Crippen LogP contribution in [0.15, 0.2) is 24.5 Å². The van der Waals surface area contributed by atoms with Crippen molar-refractivity contribution in [2.45, 2.75) is 45.1 Å². The van der Waals surface area contributed by atoms with Gasteiger partial charge in [0.05, 0.1) is 7.11 Å².